The van der Waals surface area contributed by atoms with Gasteiger partial charge in [-0.2, -0.15) is 13.7 Å². The molecule has 1 heterocycles. The average molecular weight is 291 g/mol. The largest absolute Gasteiger partial charge is 0.465 e. The fraction of sp³-hybridized carbons (Fsp3) is 0.0714. The molecule has 0 bridgehead atoms. The maximum absolute atomic E-state index is 10.5. The van der Waals surface area contributed by atoms with Crippen molar-refractivity contribution in [2.45, 2.75) is 11.8 Å². The summed E-state index contributed by atoms with van der Waals surface area (Å²) in [6.07, 6.45) is 4.55. The number of hydrogen-bond donors (Lipinski definition) is 1. The van der Waals surface area contributed by atoms with E-state index in [1.165, 1.54) is 18.2 Å². The molecule has 0 aliphatic carbocycles. The van der Waals surface area contributed by atoms with Crippen LogP contribution in [0.4, 0.5) is 0 Å². The molecule has 1 aromatic heterocycles. The topological polar surface area (TPSA) is 91.3 Å². The zero-order valence-corrected chi connectivity index (χ0v) is 11.5. The van der Waals surface area contributed by atoms with E-state index >= 15 is 0 Å². The highest BCUT2D eigenvalue weighted by atomic mass is 32.2. The summed E-state index contributed by atoms with van der Waals surface area (Å²) in [6.45, 7) is 1.84. The molecule has 0 aliphatic heterocycles. The lowest BCUT2D eigenvalue weighted by Crippen LogP contribution is -1.96. The molecule has 5 nitrogen and oxygen atoms in total. The third-order valence-electron chi connectivity index (χ3n) is 2.18. The molecule has 2 aromatic rings. The summed E-state index contributed by atoms with van der Waals surface area (Å²) in [7, 11) is -4.02. The highest BCUT2D eigenvalue weighted by molar-refractivity contribution is 7.85. The fourth-order valence-electron chi connectivity index (χ4n) is 1.22. The van der Waals surface area contributed by atoms with Crippen LogP contribution in [0, 0.1) is 18.3 Å². The molecule has 104 valence electrons. The highest BCUT2D eigenvalue weighted by Gasteiger charge is 2.06. The number of allylic oxidation sites excluding steroid dienone is 1. The van der Waals surface area contributed by atoms with Gasteiger partial charge in [0.25, 0.3) is 10.1 Å². The van der Waals surface area contributed by atoms with Crippen LogP contribution >= 0.6 is 0 Å². The predicted molar refractivity (Wildman–Crippen MR) is 74.3 cm³/mol. The van der Waals surface area contributed by atoms with E-state index in [0.29, 0.717) is 5.76 Å². The molecule has 0 amide bonds. The average Bonchev–Trinajstić information content (AvgIpc) is 2.89. The Balaban J connectivity index is 0.000000204. The van der Waals surface area contributed by atoms with Crippen LogP contribution in [0.2, 0.25) is 0 Å². The Morgan fingerprint density at radius 2 is 1.90 bits per heavy atom. The molecule has 0 spiro atoms. The lowest BCUT2D eigenvalue weighted by molar-refractivity contribution is 0.483. The maximum Gasteiger partial charge on any atom is 0.294 e. The normalized spacial score (nSPS) is 10.7. The number of rotatable bonds is 2. The van der Waals surface area contributed by atoms with E-state index in [1.807, 2.05) is 13.0 Å². The quantitative estimate of drug-likeness (QED) is 0.678. The Kier molecular flexibility index (Phi) is 5.72. The van der Waals surface area contributed by atoms with Crippen molar-refractivity contribution in [1.82, 2.24) is 0 Å². The Labute approximate surface area is 117 Å². The minimum absolute atomic E-state index is 0.0666. The first-order valence-corrected chi connectivity index (χ1v) is 7.01. The molecular weight excluding hydrogens is 278 g/mol. The van der Waals surface area contributed by atoms with Gasteiger partial charge in [-0.05, 0) is 37.3 Å². The van der Waals surface area contributed by atoms with Crippen LogP contribution < -0.4 is 0 Å². The van der Waals surface area contributed by atoms with Crippen LogP contribution in [0.25, 0.3) is 6.08 Å². The zero-order chi connectivity index (χ0) is 15.0. The highest BCUT2D eigenvalue weighted by Crippen LogP contribution is 2.08. The molecule has 0 saturated heterocycles. The lowest BCUT2D eigenvalue weighted by Gasteiger charge is -1.95. The van der Waals surface area contributed by atoms with Crippen molar-refractivity contribution in [3.05, 3.63) is 60.1 Å². The van der Waals surface area contributed by atoms with Crippen LogP contribution in [-0.4, -0.2) is 13.0 Å². The molecule has 0 saturated carbocycles. The molecule has 0 fully saturated rings. The molecule has 0 atom stereocenters. The minimum atomic E-state index is -4.02. The SMILES string of the molecule is Cc1ccc(S(=O)(=O)O)cc1.N#CC=Cc1ccco1. The van der Waals surface area contributed by atoms with Gasteiger partial charge in [-0.3, -0.25) is 4.55 Å². The van der Waals surface area contributed by atoms with Gasteiger partial charge in [0, 0.05) is 6.08 Å². The van der Waals surface area contributed by atoms with Crippen molar-refractivity contribution in [2.75, 3.05) is 0 Å². The summed E-state index contributed by atoms with van der Waals surface area (Å²) >= 11 is 0. The third kappa shape index (κ3) is 5.52. The second-order valence-electron chi connectivity index (χ2n) is 3.77. The number of nitriles is 1. The summed E-state index contributed by atoms with van der Waals surface area (Å²) in [5.41, 5.74) is 0.956. The van der Waals surface area contributed by atoms with Gasteiger partial charge in [-0.15, -0.1) is 0 Å². The van der Waals surface area contributed by atoms with Gasteiger partial charge >= 0.3 is 0 Å². The second kappa shape index (κ2) is 7.28. The molecule has 0 aliphatic rings. The van der Waals surface area contributed by atoms with Crippen LogP contribution in [0.5, 0.6) is 0 Å². The summed E-state index contributed by atoms with van der Waals surface area (Å²) in [4.78, 5) is -0.0666. The van der Waals surface area contributed by atoms with Crippen LogP contribution in [0.3, 0.4) is 0 Å². The third-order valence-corrected chi connectivity index (χ3v) is 3.05. The molecule has 1 aromatic carbocycles. The second-order valence-corrected chi connectivity index (χ2v) is 5.19. The molecule has 20 heavy (non-hydrogen) atoms. The van der Waals surface area contributed by atoms with E-state index in [9.17, 15) is 8.42 Å². The van der Waals surface area contributed by atoms with Crippen molar-refractivity contribution < 1.29 is 17.4 Å². The van der Waals surface area contributed by atoms with Crippen LogP contribution in [0.15, 0.2) is 58.1 Å². The van der Waals surface area contributed by atoms with E-state index in [-0.39, 0.29) is 4.90 Å². The van der Waals surface area contributed by atoms with E-state index in [4.69, 9.17) is 14.2 Å². The molecule has 0 unspecified atom stereocenters. The van der Waals surface area contributed by atoms with Gasteiger partial charge < -0.3 is 4.42 Å². The number of hydrogen-bond acceptors (Lipinski definition) is 4. The van der Waals surface area contributed by atoms with Gasteiger partial charge in [0.15, 0.2) is 0 Å². The standard InChI is InChI=1S/C7H5NO.C7H8O3S/c8-5-1-3-7-4-2-6-9-7;1-6-2-4-7(5-3-6)11(8,9)10/h1-4,6H;2-5H,1H3,(H,8,9,10). The van der Waals surface area contributed by atoms with Crippen molar-refractivity contribution in [3.63, 3.8) is 0 Å². The lowest BCUT2D eigenvalue weighted by atomic mass is 10.2. The summed E-state index contributed by atoms with van der Waals surface area (Å²) < 4.78 is 34.4. The van der Waals surface area contributed by atoms with Crippen molar-refractivity contribution >= 4 is 16.2 Å². The summed E-state index contributed by atoms with van der Waals surface area (Å²) in [6, 6.07) is 11.4. The van der Waals surface area contributed by atoms with E-state index in [2.05, 4.69) is 0 Å². The van der Waals surface area contributed by atoms with Gasteiger partial charge in [0.05, 0.1) is 17.2 Å². The van der Waals surface area contributed by atoms with Crippen LogP contribution in [-0.2, 0) is 10.1 Å². The van der Waals surface area contributed by atoms with Gasteiger partial charge in [-0.1, -0.05) is 17.7 Å². The number of benzene rings is 1. The number of aryl methyl sites for hydroxylation is 1. The molecule has 0 radical (unpaired) electrons. The van der Waals surface area contributed by atoms with E-state index in [0.717, 1.165) is 5.56 Å². The predicted octanol–water partition coefficient (Wildman–Crippen LogP) is 3.06. The summed E-state index contributed by atoms with van der Waals surface area (Å²) in [5.74, 6) is 0.705. The molecule has 6 heteroatoms. The van der Waals surface area contributed by atoms with Gasteiger partial charge in [-0.25, -0.2) is 0 Å². The number of furan rings is 1. The van der Waals surface area contributed by atoms with Gasteiger partial charge in [0.1, 0.15) is 5.76 Å². The smallest absolute Gasteiger partial charge is 0.294 e. The molecule has 2 rings (SSSR count). The minimum Gasteiger partial charge on any atom is -0.465 e. The summed E-state index contributed by atoms with van der Waals surface area (Å²) in [5, 5.41) is 8.09. The maximum atomic E-state index is 10.5. The van der Waals surface area contributed by atoms with Gasteiger partial charge in [0.2, 0.25) is 0 Å². The first kappa shape index (κ1) is 15.7. The first-order chi connectivity index (χ1) is 9.43. The Bertz CT molecular complexity index is 693. The zero-order valence-electron chi connectivity index (χ0n) is 10.7. The Morgan fingerprint density at radius 1 is 1.25 bits per heavy atom. The monoisotopic (exact) mass is 291 g/mol. The van der Waals surface area contributed by atoms with Crippen molar-refractivity contribution in [1.29, 1.82) is 5.26 Å². The molecule has 1 N–H and O–H groups in total. The van der Waals surface area contributed by atoms with E-state index in [1.54, 1.807) is 36.6 Å². The first-order valence-electron chi connectivity index (χ1n) is 5.57. The van der Waals surface area contributed by atoms with Crippen molar-refractivity contribution in [2.24, 2.45) is 0 Å². The van der Waals surface area contributed by atoms with Crippen LogP contribution in [0.1, 0.15) is 11.3 Å². The van der Waals surface area contributed by atoms with E-state index < -0.39 is 10.1 Å². The Morgan fingerprint density at radius 3 is 2.35 bits per heavy atom. The van der Waals surface area contributed by atoms with Crippen molar-refractivity contribution in [3.8, 4) is 6.07 Å². The number of nitrogens with zero attached hydrogens (tertiary/aromatic N) is 1. The Hall–Kier alpha value is -2.36. The fourth-order valence-corrected chi connectivity index (χ4v) is 1.70. The molecular formula is C14H13NO4S.